The van der Waals surface area contributed by atoms with Gasteiger partial charge < -0.3 is 21.5 Å². The van der Waals surface area contributed by atoms with Gasteiger partial charge in [-0.05, 0) is 30.7 Å². The van der Waals surface area contributed by atoms with E-state index >= 15 is 0 Å². The molecule has 6 nitrogen and oxygen atoms in total. The summed E-state index contributed by atoms with van der Waals surface area (Å²) in [6.07, 6.45) is 0. The predicted molar refractivity (Wildman–Crippen MR) is 79.5 cm³/mol. The lowest BCUT2D eigenvalue weighted by molar-refractivity contribution is -0.122. The molecule has 0 atom stereocenters. The zero-order chi connectivity index (χ0) is 15.7. The Kier molecular flexibility index (Phi) is 6.95. The number of nitrogens with two attached hydrogens (primary N) is 2. The summed E-state index contributed by atoms with van der Waals surface area (Å²) in [5.74, 6) is 4.97. The van der Waals surface area contributed by atoms with Crippen LogP contribution in [0, 0.1) is 18.8 Å². The standard InChI is InChI=1S/C15H19N3O3/c1-11-9-13(5-4-12(11)3-2-6-16)15(20)18-7-8-21-10-14(17)19/h4-5,9H,6-8,10,16H2,1H3,(H2,17,19)(H,18,20). The van der Waals surface area contributed by atoms with E-state index in [9.17, 15) is 9.59 Å². The van der Waals surface area contributed by atoms with Crippen molar-refractivity contribution < 1.29 is 14.3 Å². The number of aryl methyl sites for hydroxylation is 1. The summed E-state index contributed by atoms with van der Waals surface area (Å²) >= 11 is 0. The second-order valence-electron chi connectivity index (χ2n) is 4.31. The molecule has 0 saturated heterocycles. The number of carbonyl (C=O) groups is 2. The van der Waals surface area contributed by atoms with E-state index in [0.717, 1.165) is 11.1 Å². The Bertz CT molecular complexity index is 573. The smallest absolute Gasteiger partial charge is 0.251 e. The fraction of sp³-hybridized carbons (Fsp3) is 0.333. The fourth-order valence-corrected chi connectivity index (χ4v) is 1.60. The summed E-state index contributed by atoms with van der Waals surface area (Å²) in [6, 6.07) is 5.25. The molecule has 0 radical (unpaired) electrons. The van der Waals surface area contributed by atoms with E-state index in [1.165, 1.54) is 0 Å². The molecule has 5 N–H and O–H groups in total. The molecular formula is C15H19N3O3. The van der Waals surface area contributed by atoms with Gasteiger partial charge in [-0.2, -0.15) is 0 Å². The van der Waals surface area contributed by atoms with E-state index in [4.69, 9.17) is 16.2 Å². The molecule has 0 spiro atoms. The van der Waals surface area contributed by atoms with Crippen molar-refractivity contribution in [2.24, 2.45) is 11.5 Å². The molecule has 0 bridgehead atoms. The second kappa shape index (κ2) is 8.74. The first-order valence-corrected chi connectivity index (χ1v) is 6.48. The van der Waals surface area contributed by atoms with Gasteiger partial charge in [-0.3, -0.25) is 9.59 Å². The highest BCUT2D eigenvalue weighted by Gasteiger charge is 2.06. The SMILES string of the molecule is Cc1cc(C(=O)NCCOCC(N)=O)ccc1C#CCN. The molecule has 21 heavy (non-hydrogen) atoms. The minimum absolute atomic E-state index is 0.149. The van der Waals surface area contributed by atoms with Gasteiger partial charge in [0.2, 0.25) is 5.91 Å². The van der Waals surface area contributed by atoms with Gasteiger partial charge in [-0.15, -0.1) is 0 Å². The first-order valence-electron chi connectivity index (χ1n) is 6.48. The molecule has 0 aromatic heterocycles. The number of benzene rings is 1. The maximum atomic E-state index is 11.9. The molecule has 6 heteroatoms. The third kappa shape index (κ3) is 6.08. The van der Waals surface area contributed by atoms with Crippen LogP contribution in [0.1, 0.15) is 21.5 Å². The molecule has 0 heterocycles. The molecule has 0 aliphatic heterocycles. The van der Waals surface area contributed by atoms with Crippen molar-refractivity contribution in [2.45, 2.75) is 6.92 Å². The molecule has 0 fully saturated rings. The van der Waals surface area contributed by atoms with E-state index in [-0.39, 0.29) is 19.1 Å². The van der Waals surface area contributed by atoms with Crippen LogP contribution in [0.25, 0.3) is 0 Å². The van der Waals surface area contributed by atoms with Crippen molar-refractivity contribution in [2.75, 3.05) is 26.3 Å². The summed E-state index contributed by atoms with van der Waals surface area (Å²) in [7, 11) is 0. The fourth-order valence-electron chi connectivity index (χ4n) is 1.60. The van der Waals surface area contributed by atoms with Gasteiger partial charge in [0.1, 0.15) is 6.61 Å². The average molecular weight is 289 g/mol. The van der Waals surface area contributed by atoms with Crippen LogP contribution in [0.2, 0.25) is 0 Å². The van der Waals surface area contributed by atoms with E-state index in [1.807, 2.05) is 6.92 Å². The highest BCUT2D eigenvalue weighted by atomic mass is 16.5. The quantitative estimate of drug-likeness (QED) is 0.486. The van der Waals surface area contributed by atoms with Crippen LogP contribution < -0.4 is 16.8 Å². The van der Waals surface area contributed by atoms with Crippen molar-refractivity contribution in [3.63, 3.8) is 0 Å². The van der Waals surface area contributed by atoms with Crippen LogP contribution in [0.15, 0.2) is 18.2 Å². The number of rotatable bonds is 6. The minimum Gasteiger partial charge on any atom is -0.370 e. The number of hydrogen-bond donors (Lipinski definition) is 3. The summed E-state index contributed by atoms with van der Waals surface area (Å²) in [4.78, 5) is 22.4. The third-order valence-electron chi connectivity index (χ3n) is 2.59. The maximum Gasteiger partial charge on any atom is 0.251 e. The number of carbonyl (C=O) groups excluding carboxylic acids is 2. The predicted octanol–water partition coefficient (Wildman–Crippen LogP) is -0.463. The van der Waals surface area contributed by atoms with Crippen molar-refractivity contribution in [1.82, 2.24) is 5.32 Å². The lowest BCUT2D eigenvalue weighted by Gasteiger charge is -2.07. The Morgan fingerprint density at radius 1 is 1.38 bits per heavy atom. The topological polar surface area (TPSA) is 107 Å². The maximum absolute atomic E-state index is 11.9. The molecule has 1 rings (SSSR count). The van der Waals surface area contributed by atoms with Crippen LogP contribution in [0.4, 0.5) is 0 Å². The lowest BCUT2D eigenvalue weighted by atomic mass is 10.0. The Morgan fingerprint density at radius 3 is 2.76 bits per heavy atom. The normalized spacial score (nSPS) is 9.62. The molecule has 112 valence electrons. The number of hydrogen-bond acceptors (Lipinski definition) is 4. The van der Waals surface area contributed by atoms with Gasteiger partial charge in [0.25, 0.3) is 5.91 Å². The highest BCUT2D eigenvalue weighted by molar-refractivity contribution is 5.94. The molecule has 0 saturated carbocycles. The third-order valence-corrected chi connectivity index (χ3v) is 2.59. The molecule has 0 unspecified atom stereocenters. The summed E-state index contributed by atoms with van der Waals surface area (Å²) in [5, 5.41) is 2.69. The van der Waals surface area contributed by atoms with Crippen molar-refractivity contribution in [3.8, 4) is 11.8 Å². The van der Waals surface area contributed by atoms with E-state index < -0.39 is 5.91 Å². The van der Waals surface area contributed by atoms with E-state index in [0.29, 0.717) is 18.7 Å². The van der Waals surface area contributed by atoms with Crippen LogP contribution in [-0.4, -0.2) is 38.1 Å². The summed E-state index contributed by atoms with van der Waals surface area (Å²) < 4.78 is 4.95. The number of amides is 2. The molecular weight excluding hydrogens is 270 g/mol. The largest absolute Gasteiger partial charge is 0.370 e. The van der Waals surface area contributed by atoms with Gasteiger partial charge in [0.15, 0.2) is 0 Å². The van der Waals surface area contributed by atoms with Crippen LogP contribution in [-0.2, 0) is 9.53 Å². The summed E-state index contributed by atoms with van der Waals surface area (Å²) in [6.45, 7) is 2.57. The van der Waals surface area contributed by atoms with Crippen molar-refractivity contribution in [3.05, 3.63) is 34.9 Å². The van der Waals surface area contributed by atoms with Crippen molar-refractivity contribution in [1.29, 1.82) is 0 Å². The van der Waals surface area contributed by atoms with E-state index in [2.05, 4.69) is 17.2 Å². The Morgan fingerprint density at radius 2 is 2.14 bits per heavy atom. The molecule has 1 aromatic rings. The minimum atomic E-state index is -0.536. The van der Waals surface area contributed by atoms with Gasteiger partial charge in [0.05, 0.1) is 13.2 Å². The van der Waals surface area contributed by atoms with Gasteiger partial charge >= 0.3 is 0 Å². The second-order valence-corrected chi connectivity index (χ2v) is 4.31. The Labute approximate surface area is 123 Å². The number of ether oxygens (including phenoxy) is 1. The van der Waals surface area contributed by atoms with Gasteiger partial charge in [0, 0.05) is 17.7 Å². The number of primary amides is 1. The zero-order valence-corrected chi connectivity index (χ0v) is 11.9. The zero-order valence-electron chi connectivity index (χ0n) is 11.9. The highest BCUT2D eigenvalue weighted by Crippen LogP contribution is 2.10. The molecule has 1 aromatic carbocycles. The van der Waals surface area contributed by atoms with Crippen molar-refractivity contribution >= 4 is 11.8 Å². The molecule has 2 amide bonds. The van der Waals surface area contributed by atoms with Gasteiger partial charge in [-0.25, -0.2) is 0 Å². The van der Waals surface area contributed by atoms with Crippen LogP contribution in [0.3, 0.4) is 0 Å². The summed E-state index contributed by atoms with van der Waals surface area (Å²) in [5.41, 5.74) is 12.5. The first-order chi connectivity index (χ1) is 10.0. The van der Waals surface area contributed by atoms with E-state index in [1.54, 1.807) is 18.2 Å². The van der Waals surface area contributed by atoms with Gasteiger partial charge in [-0.1, -0.05) is 11.8 Å². The van der Waals surface area contributed by atoms with Crippen LogP contribution in [0.5, 0.6) is 0 Å². The molecule has 0 aliphatic carbocycles. The van der Waals surface area contributed by atoms with Crippen LogP contribution >= 0.6 is 0 Å². The molecule has 0 aliphatic rings. The number of nitrogens with one attached hydrogen (secondary N) is 1. The monoisotopic (exact) mass is 289 g/mol. The first kappa shape index (κ1) is 16.7. The lowest BCUT2D eigenvalue weighted by Crippen LogP contribution is -2.28. The Hall–Kier alpha value is -2.36. The average Bonchev–Trinajstić information content (AvgIpc) is 2.45. The Balaban J connectivity index is 2.51.